The van der Waals surface area contributed by atoms with Gasteiger partial charge in [0.05, 0.1) is 0 Å². The molecular weight excluding hydrogens is 248 g/mol. The van der Waals surface area contributed by atoms with Crippen LogP contribution in [0.5, 0.6) is 0 Å². The van der Waals surface area contributed by atoms with E-state index in [-0.39, 0.29) is 17.1 Å². The van der Waals surface area contributed by atoms with Gasteiger partial charge in [-0.1, -0.05) is 27.2 Å². The zero-order valence-electron chi connectivity index (χ0n) is 12.4. The van der Waals surface area contributed by atoms with Crippen LogP contribution >= 0.6 is 0 Å². The van der Waals surface area contributed by atoms with Crippen LogP contribution in [0.1, 0.15) is 47.0 Å². The third-order valence-electron chi connectivity index (χ3n) is 3.35. The monoisotopic (exact) mass is 274 g/mol. The fourth-order valence-electron chi connectivity index (χ4n) is 2.35. The number of carbonyl (C=O) groups excluding carboxylic acids is 2. The lowest BCUT2D eigenvalue weighted by Crippen LogP contribution is -2.53. The second-order valence-electron chi connectivity index (χ2n) is 4.90. The molecule has 106 valence electrons. The maximum Gasteiger partial charge on any atom is 0.358 e. The molecule has 5 heteroatoms. The van der Waals surface area contributed by atoms with Crippen LogP contribution in [0.2, 0.25) is 11.1 Å². The predicted octanol–water partition coefficient (Wildman–Crippen LogP) is 2.85. The Balaban J connectivity index is 5.29. The minimum absolute atomic E-state index is 0.0339. The van der Waals surface area contributed by atoms with Crippen LogP contribution in [0.25, 0.3) is 0 Å². The van der Waals surface area contributed by atoms with Crippen molar-refractivity contribution in [2.45, 2.75) is 58.0 Å². The summed E-state index contributed by atoms with van der Waals surface area (Å²) >= 11 is 0. The first-order chi connectivity index (χ1) is 8.37. The van der Waals surface area contributed by atoms with E-state index in [0.29, 0.717) is 6.42 Å². The maximum atomic E-state index is 12.3. The third-order valence-corrected chi connectivity index (χ3v) is 7.77. The Hall–Kier alpha value is -0.523. The zero-order chi connectivity index (χ0) is 14.3. The molecule has 0 radical (unpaired) electrons. The highest BCUT2D eigenvalue weighted by molar-refractivity contribution is 6.77. The van der Waals surface area contributed by atoms with Gasteiger partial charge in [-0.05, 0) is 18.9 Å². The largest absolute Gasteiger partial charge is 0.397 e. The van der Waals surface area contributed by atoms with Gasteiger partial charge in [-0.15, -0.1) is 0 Å². The molecule has 4 nitrogen and oxygen atoms in total. The van der Waals surface area contributed by atoms with E-state index in [4.69, 9.17) is 8.85 Å². The molecule has 0 amide bonds. The van der Waals surface area contributed by atoms with Gasteiger partial charge < -0.3 is 8.85 Å². The average Bonchev–Trinajstić information content (AvgIpc) is 2.31. The van der Waals surface area contributed by atoms with E-state index in [0.717, 1.165) is 12.8 Å². The van der Waals surface area contributed by atoms with Crippen molar-refractivity contribution in [3.8, 4) is 0 Å². The van der Waals surface area contributed by atoms with E-state index in [9.17, 15) is 9.59 Å². The lowest BCUT2D eigenvalue weighted by atomic mass is 10.1. The SMILES string of the molecule is CCCCC(=O)C(C(C)=O)[Si](OC)(OC)C(C)C. The van der Waals surface area contributed by atoms with Crippen LogP contribution in [0.3, 0.4) is 0 Å². The highest BCUT2D eigenvalue weighted by atomic mass is 28.4. The number of rotatable bonds is 9. The van der Waals surface area contributed by atoms with Crippen molar-refractivity contribution >= 4 is 20.1 Å². The quantitative estimate of drug-likeness (QED) is 0.479. The molecule has 0 heterocycles. The van der Waals surface area contributed by atoms with Gasteiger partial charge in [-0.25, -0.2) is 0 Å². The van der Waals surface area contributed by atoms with Crippen LogP contribution in [0, 0.1) is 0 Å². The minimum Gasteiger partial charge on any atom is -0.397 e. The highest BCUT2D eigenvalue weighted by Gasteiger charge is 2.53. The first kappa shape index (κ1) is 17.5. The van der Waals surface area contributed by atoms with Gasteiger partial charge in [0, 0.05) is 20.6 Å². The average molecular weight is 274 g/mol. The number of hydrogen-bond acceptors (Lipinski definition) is 4. The van der Waals surface area contributed by atoms with Gasteiger partial charge in [0.25, 0.3) is 0 Å². The Morgan fingerprint density at radius 1 is 1.17 bits per heavy atom. The molecule has 0 N–H and O–H groups in total. The molecule has 0 fully saturated rings. The topological polar surface area (TPSA) is 52.6 Å². The van der Waals surface area contributed by atoms with E-state index < -0.39 is 14.1 Å². The van der Waals surface area contributed by atoms with Crippen molar-refractivity contribution in [2.75, 3.05) is 14.2 Å². The van der Waals surface area contributed by atoms with Gasteiger partial charge in [-0.2, -0.15) is 0 Å². The van der Waals surface area contributed by atoms with Crippen LogP contribution in [0.4, 0.5) is 0 Å². The summed E-state index contributed by atoms with van der Waals surface area (Å²) in [6.45, 7) is 7.37. The lowest BCUT2D eigenvalue weighted by molar-refractivity contribution is -0.127. The van der Waals surface area contributed by atoms with Crippen molar-refractivity contribution in [1.29, 1.82) is 0 Å². The highest BCUT2D eigenvalue weighted by Crippen LogP contribution is 2.36. The molecule has 18 heavy (non-hydrogen) atoms. The van der Waals surface area contributed by atoms with Gasteiger partial charge in [-0.3, -0.25) is 9.59 Å². The Kier molecular flexibility index (Phi) is 7.59. The summed E-state index contributed by atoms with van der Waals surface area (Å²) in [6, 6.07) is 0. The Morgan fingerprint density at radius 3 is 1.94 bits per heavy atom. The molecule has 0 spiro atoms. The summed E-state index contributed by atoms with van der Waals surface area (Å²) in [6.07, 6.45) is 2.17. The number of ketones is 2. The second kappa shape index (κ2) is 7.81. The fourth-order valence-corrected chi connectivity index (χ4v) is 5.76. The van der Waals surface area contributed by atoms with E-state index in [1.807, 2.05) is 20.8 Å². The summed E-state index contributed by atoms with van der Waals surface area (Å²) in [4.78, 5) is 24.1. The number of carbonyl (C=O) groups is 2. The summed E-state index contributed by atoms with van der Waals surface area (Å²) in [5.74, 6) is -0.173. The lowest BCUT2D eigenvalue weighted by Gasteiger charge is -2.36. The van der Waals surface area contributed by atoms with Gasteiger partial charge in [0.2, 0.25) is 0 Å². The first-order valence-corrected chi connectivity index (χ1v) is 8.47. The van der Waals surface area contributed by atoms with Gasteiger partial charge in [0.15, 0.2) is 0 Å². The van der Waals surface area contributed by atoms with Crippen molar-refractivity contribution in [2.24, 2.45) is 0 Å². The van der Waals surface area contributed by atoms with Gasteiger partial charge >= 0.3 is 8.56 Å². The molecule has 0 aliphatic rings. The molecule has 0 aliphatic heterocycles. The Bertz CT molecular complexity index is 285. The number of Topliss-reactive ketones (excluding diaryl/α,β-unsaturated/α-hetero) is 2. The smallest absolute Gasteiger partial charge is 0.358 e. The van der Waals surface area contributed by atoms with Crippen LogP contribution in [-0.2, 0) is 18.4 Å². The zero-order valence-corrected chi connectivity index (χ0v) is 13.4. The first-order valence-electron chi connectivity index (χ1n) is 6.50. The molecule has 0 rings (SSSR count). The Labute approximate surface area is 111 Å². The summed E-state index contributed by atoms with van der Waals surface area (Å²) in [7, 11) is 0.255. The predicted molar refractivity (Wildman–Crippen MR) is 73.8 cm³/mol. The standard InChI is InChI=1S/C13H26O4Si/c1-7-8-9-12(15)13(11(4)14)18(16-5,17-6)10(2)3/h10,13H,7-9H2,1-6H3. The van der Waals surface area contributed by atoms with Gasteiger partial charge in [0.1, 0.15) is 17.1 Å². The molecule has 0 saturated heterocycles. The number of hydrogen-bond donors (Lipinski definition) is 0. The summed E-state index contributed by atoms with van der Waals surface area (Å²) < 4.78 is 11.1. The molecule has 1 atom stereocenters. The molecule has 0 saturated carbocycles. The second-order valence-corrected chi connectivity index (χ2v) is 8.89. The maximum absolute atomic E-state index is 12.3. The van der Waals surface area contributed by atoms with Crippen molar-refractivity contribution in [3.05, 3.63) is 0 Å². The van der Waals surface area contributed by atoms with E-state index in [2.05, 4.69) is 0 Å². The minimum atomic E-state index is -2.83. The van der Waals surface area contributed by atoms with Crippen LogP contribution in [0.15, 0.2) is 0 Å². The summed E-state index contributed by atoms with van der Waals surface area (Å²) in [5.41, 5.74) is -0.661. The molecule has 0 aliphatic carbocycles. The van der Waals surface area contributed by atoms with Crippen LogP contribution < -0.4 is 0 Å². The van der Waals surface area contributed by atoms with E-state index in [1.54, 1.807) is 14.2 Å². The normalized spacial score (nSPS) is 13.7. The molecular formula is C13H26O4Si. The summed E-state index contributed by atoms with van der Waals surface area (Å²) in [5, 5.41) is 0. The number of unbranched alkanes of at least 4 members (excludes halogenated alkanes) is 1. The molecule has 1 unspecified atom stereocenters. The van der Waals surface area contributed by atoms with E-state index in [1.165, 1.54) is 6.92 Å². The van der Waals surface area contributed by atoms with Crippen molar-refractivity contribution in [1.82, 2.24) is 0 Å². The molecule has 0 aromatic heterocycles. The fraction of sp³-hybridized carbons (Fsp3) is 0.846. The molecule has 0 aromatic rings. The third kappa shape index (κ3) is 3.73. The Morgan fingerprint density at radius 2 is 1.67 bits per heavy atom. The molecule has 0 bridgehead atoms. The molecule has 0 aromatic carbocycles. The van der Waals surface area contributed by atoms with E-state index >= 15 is 0 Å². The van der Waals surface area contributed by atoms with Crippen molar-refractivity contribution in [3.63, 3.8) is 0 Å². The van der Waals surface area contributed by atoms with Crippen LogP contribution in [-0.4, -0.2) is 34.3 Å². The van der Waals surface area contributed by atoms with Crippen molar-refractivity contribution < 1.29 is 18.4 Å².